The Hall–Kier alpha value is -2.13. The van der Waals surface area contributed by atoms with Crippen LogP contribution >= 0.6 is 0 Å². The molecule has 0 saturated carbocycles. The van der Waals surface area contributed by atoms with Gasteiger partial charge in [0, 0.05) is 28.9 Å². The van der Waals surface area contributed by atoms with Crippen molar-refractivity contribution in [3.63, 3.8) is 0 Å². The number of aliphatic hydroxyl groups is 1. The number of benzene rings is 1. The number of aliphatic hydroxyl groups excluding tert-OH is 1. The third-order valence-corrected chi connectivity index (χ3v) is 3.06. The van der Waals surface area contributed by atoms with Crippen LogP contribution in [0.1, 0.15) is 23.0 Å². The van der Waals surface area contributed by atoms with E-state index < -0.39 is 6.10 Å². The molecule has 3 aromatic rings. The Bertz CT molecular complexity index is 682. The Labute approximate surface area is 105 Å². The fraction of sp³-hybridized carbons (Fsp3) is 0.133. The van der Waals surface area contributed by atoms with Gasteiger partial charge < -0.3 is 9.52 Å². The summed E-state index contributed by atoms with van der Waals surface area (Å²) >= 11 is 0. The van der Waals surface area contributed by atoms with Crippen LogP contribution in [0, 0.1) is 6.92 Å². The van der Waals surface area contributed by atoms with Crippen LogP contribution in [0.3, 0.4) is 0 Å². The predicted molar refractivity (Wildman–Crippen MR) is 69.2 cm³/mol. The molecule has 90 valence electrons. The fourth-order valence-electron chi connectivity index (χ4n) is 2.14. The van der Waals surface area contributed by atoms with Crippen LogP contribution in [-0.2, 0) is 0 Å². The number of fused-ring (bicyclic) bond motifs is 1. The number of rotatable bonds is 2. The van der Waals surface area contributed by atoms with Crippen LogP contribution in [0.25, 0.3) is 10.8 Å². The minimum absolute atomic E-state index is 0.707. The fourth-order valence-corrected chi connectivity index (χ4v) is 2.14. The summed E-state index contributed by atoms with van der Waals surface area (Å²) in [7, 11) is 0. The highest BCUT2D eigenvalue weighted by Gasteiger charge is 2.15. The molecule has 3 rings (SSSR count). The first-order valence-corrected chi connectivity index (χ1v) is 5.81. The van der Waals surface area contributed by atoms with Gasteiger partial charge in [-0.15, -0.1) is 0 Å². The molecule has 1 aromatic carbocycles. The maximum Gasteiger partial charge on any atom is 0.109 e. The molecular formula is C15H13NO2. The molecule has 1 atom stereocenters. The van der Waals surface area contributed by atoms with Crippen LogP contribution in [0.5, 0.6) is 0 Å². The number of aromatic nitrogens is 1. The van der Waals surface area contributed by atoms with Crippen molar-refractivity contribution in [1.29, 1.82) is 0 Å². The molecular weight excluding hydrogens is 226 g/mol. The van der Waals surface area contributed by atoms with Gasteiger partial charge in [0.25, 0.3) is 0 Å². The van der Waals surface area contributed by atoms with E-state index in [9.17, 15) is 5.11 Å². The van der Waals surface area contributed by atoms with E-state index in [4.69, 9.17) is 4.42 Å². The van der Waals surface area contributed by atoms with Crippen LogP contribution in [0.4, 0.5) is 0 Å². The van der Waals surface area contributed by atoms with Crippen molar-refractivity contribution in [2.75, 3.05) is 0 Å². The number of aryl methyl sites for hydroxylation is 1. The minimum Gasteiger partial charge on any atom is -0.469 e. The highest BCUT2D eigenvalue weighted by atomic mass is 16.3. The quantitative estimate of drug-likeness (QED) is 0.746. The Morgan fingerprint density at radius 2 is 2.06 bits per heavy atom. The van der Waals surface area contributed by atoms with Crippen molar-refractivity contribution in [1.82, 2.24) is 4.98 Å². The standard InChI is InChI=1S/C15H13NO2/c1-10-6-12(9-18-10)15(17)14-8-16-7-11-4-2-3-5-13(11)14/h2-9,15,17H,1H3. The predicted octanol–water partition coefficient (Wildman–Crippen LogP) is 3.22. The van der Waals surface area contributed by atoms with Crippen molar-refractivity contribution < 1.29 is 9.52 Å². The summed E-state index contributed by atoms with van der Waals surface area (Å²) in [5.41, 5.74) is 1.56. The van der Waals surface area contributed by atoms with Gasteiger partial charge in [-0.3, -0.25) is 4.98 Å². The van der Waals surface area contributed by atoms with E-state index in [0.717, 1.165) is 27.7 Å². The minimum atomic E-state index is -0.707. The van der Waals surface area contributed by atoms with E-state index in [2.05, 4.69) is 4.98 Å². The summed E-state index contributed by atoms with van der Waals surface area (Å²) in [6, 6.07) is 9.73. The maximum absolute atomic E-state index is 10.4. The summed E-state index contributed by atoms with van der Waals surface area (Å²) in [6.07, 6.45) is 4.38. The molecule has 2 aromatic heterocycles. The van der Waals surface area contributed by atoms with Gasteiger partial charge in [0.05, 0.1) is 6.26 Å². The second-order valence-electron chi connectivity index (χ2n) is 4.34. The van der Waals surface area contributed by atoms with Crippen LogP contribution in [0.15, 0.2) is 53.4 Å². The Morgan fingerprint density at radius 3 is 2.83 bits per heavy atom. The molecule has 1 unspecified atom stereocenters. The number of hydrogen-bond acceptors (Lipinski definition) is 3. The molecule has 0 saturated heterocycles. The number of furan rings is 1. The van der Waals surface area contributed by atoms with Crippen molar-refractivity contribution in [2.45, 2.75) is 13.0 Å². The molecule has 0 amide bonds. The molecule has 0 aliphatic heterocycles. The second kappa shape index (κ2) is 4.27. The normalized spacial score (nSPS) is 12.8. The molecule has 18 heavy (non-hydrogen) atoms. The molecule has 0 spiro atoms. The van der Waals surface area contributed by atoms with Crippen LogP contribution in [0.2, 0.25) is 0 Å². The van der Waals surface area contributed by atoms with Crippen LogP contribution < -0.4 is 0 Å². The first-order chi connectivity index (χ1) is 8.75. The Balaban J connectivity index is 2.14. The largest absolute Gasteiger partial charge is 0.469 e. The Kier molecular flexibility index (Phi) is 2.61. The monoisotopic (exact) mass is 239 g/mol. The van der Waals surface area contributed by atoms with Gasteiger partial charge in [-0.25, -0.2) is 0 Å². The van der Waals surface area contributed by atoms with Gasteiger partial charge in [-0.1, -0.05) is 24.3 Å². The van der Waals surface area contributed by atoms with Gasteiger partial charge in [0.2, 0.25) is 0 Å². The van der Waals surface area contributed by atoms with Crippen molar-refractivity contribution in [3.05, 3.63) is 65.9 Å². The van der Waals surface area contributed by atoms with Gasteiger partial charge >= 0.3 is 0 Å². The summed E-state index contributed by atoms with van der Waals surface area (Å²) in [6.45, 7) is 1.86. The lowest BCUT2D eigenvalue weighted by Gasteiger charge is -2.11. The summed E-state index contributed by atoms with van der Waals surface area (Å²) < 4.78 is 5.24. The molecule has 3 heteroatoms. The van der Waals surface area contributed by atoms with Crippen molar-refractivity contribution >= 4 is 10.8 Å². The number of hydrogen-bond donors (Lipinski definition) is 1. The van der Waals surface area contributed by atoms with Crippen molar-refractivity contribution in [2.24, 2.45) is 0 Å². The lowest BCUT2D eigenvalue weighted by atomic mass is 10.00. The molecule has 2 heterocycles. The average Bonchev–Trinajstić information content (AvgIpc) is 2.84. The Morgan fingerprint density at radius 1 is 1.22 bits per heavy atom. The maximum atomic E-state index is 10.4. The molecule has 1 N–H and O–H groups in total. The number of nitrogens with zero attached hydrogens (tertiary/aromatic N) is 1. The summed E-state index contributed by atoms with van der Waals surface area (Å²) in [5.74, 6) is 0.789. The highest BCUT2D eigenvalue weighted by molar-refractivity contribution is 5.85. The number of pyridine rings is 1. The van der Waals surface area contributed by atoms with E-state index in [1.165, 1.54) is 0 Å². The second-order valence-corrected chi connectivity index (χ2v) is 4.34. The van der Waals surface area contributed by atoms with Gasteiger partial charge in [0.1, 0.15) is 11.9 Å². The van der Waals surface area contributed by atoms with Gasteiger partial charge in [-0.2, -0.15) is 0 Å². The van der Waals surface area contributed by atoms with Gasteiger partial charge in [0.15, 0.2) is 0 Å². The zero-order valence-electron chi connectivity index (χ0n) is 10.00. The summed E-state index contributed by atoms with van der Waals surface area (Å²) in [5, 5.41) is 12.4. The molecule has 0 fully saturated rings. The zero-order chi connectivity index (χ0) is 12.5. The van der Waals surface area contributed by atoms with E-state index in [1.807, 2.05) is 37.3 Å². The lowest BCUT2D eigenvalue weighted by molar-refractivity contribution is 0.220. The first-order valence-electron chi connectivity index (χ1n) is 5.81. The molecule has 0 bridgehead atoms. The highest BCUT2D eigenvalue weighted by Crippen LogP contribution is 2.28. The SMILES string of the molecule is Cc1cc(C(O)c2cncc3ccccc23)co1. The first kappa shape index (κ1) is 11.0. The zero-order valence-corrected chi connectivity index (χ0v) is 10.00. The topological polar surface area (TPSA) is 46.3 Å². The smallest absolute Gasteiger partial charge is 0.109 e. The van der Waals surface area contributed by atoms with Crippen LogP contribution in [-0.4, -0.2) is 10.1 Å². The van der Waals surface area contributed by atoms with Crippen molar-refractivity contribution in [3.8, 4) is 0 Å². The van der Waals surface area contributed by atoms with E-state index >= 15 is 0 Å². The van der Waals surface area contributed by atoms with E-state index in [0.29, 0.717) is 0 Å². The average molecular weight is 239 g/mol. The van der Waals surface area contributed by atoms with E-state index in [1.54, 1.807) is 18.7 Å². The third kappa shape index (κ3) is 1.79. The summed E-state index contributed by atoms with van der Waals surface area (Å²) in [4.78, 5) is 4.18. The molecule has 3 nitrogen and oxygen atoms in total. The lowest BCUT2D eigenvalue weighted by Crippen LogP contribution is -1.99. The van der Waals surface area contributed by atoms with E-state index in [-0.39, 0.29) is 0 Å². The third-order valence-electron chi connectivity index (χ3n) is 3.06. The molecule has 0 radical (unpaired) electrons. The molecule has 0 aliphatic carbocycles. The molecule has 0 aliphatic rings. The van der Waals surface area contributed by atoms with Gasteiger partial charge in [-0.05, 0) is 18.4 Å².